The average Bonchev–Trinajstić information content (AvgIpc) is 3.12. The van der Waals surface area contributed by atoms with Gasteiger partial charge in [0.1, 0.15) is 5.69 Å². The van der Waals surface area contributed by atoms with Gasteiger partial charge in [0.05, 0.1) is 0 Å². The Balaban J connectivity index is 1.82. The zero-order valence-corrected chi connectivity index (χ0v) is 11.9. The molecule has 1 saturated heterocycles. The van der Waals surface area contributed by atoms with Gasteiger partial charge in [-0.2, -0.15) is 0 Å². The molecule has 18 heavy (non-hydrogen) atoms. The SMILES string of the molecule is N[C@@H]1CCCN(C(=O)c2cc(Br)cn2C2CC2)C1. The van der Waals surface area contributed by atoms with Crippen LogP contribution in [-0.2, 0) is 0 Å². The summed E-state index contributed by atoms with van der Waals surface area (Å²) in [6.45, 7) is 1.52. The minimum Gasteiger partial charge on any atom is -0.339 e. The van der Waals surface area contributed by atoms with Crippen LogP contribution in [0.2, 0.25) is 0 Å². The fourth-order valence-corrected chi connectivity index (χ4v) is 3.07. The Hall–Kier alpha value is -0.810. The van der Waals surface area contributed by atoms with Gasteiger partial charge in [0.2, 0.25) is 0 Å². The molecular weight excluding hydrogens is 294 g/mol. The van der Waals surface area contributed by atoms with Crippen molar-refractivity contribution in [1.82, 2.24) is 9.47 Å². The maximum Gasteiger partial charge on any atom is 0.270 e. The van der Waals surface area contributed by atoms with Crippen molar-refractivity contribution >= 4 is 21.8 Å². The Kier molecular flexibility index (Phi) is 3.20. The molecule has 1 aliphatic carbocycles. The largest absolute Gasteiger partial charge is 0.339 e. The topological polar surface area (TPSA) is 51.3 Å². The van der Waals surface area contributed by atoms with Crippen LogP contribution in [-0.4, -0.2) is 34.5 Å². The van der Waals surface area contributed by atoms with Crippen molar-refractivity contribution < 1.29 is 4.79 Å². The number of likely N-dealkylation sites (tertiary alicyclic amines) is 1. The van der Waals surface area contributed by atoms with E-state index >= 15 is 0 Å². The maximum atomic E-state index is 12.5. The number of piperidine rings is 1. The van der Waals surface area contributed by atoms with E-state index in [1.54, 1.807) is 0 Å². The van der Waals surface area contributed by atoms with E-state index in [9.17, 15) is 4.79 Å². The Morgan fingerprint density at radius 1 is 1.39 bits per heavy atom. The summed E-state index contributed by atoms with van der Waals surface area (Å²) in [5.41, 5.74) is 6.75. The highest BCUT2D eigenvalue weighted by Crippen LogP contribution is 2.37. The van der Waals surface area contributed by atoms with Gasteiger partial charge < -0.3 is 15.2 Å². The van der Waals surface area contributed by atoms with Crippen molar-refractivity contribution in [3.63, 3.8) is 0 Å². The van der Waals surface area contributed by atoms with Gasteiger partial charge >= 0.3 is 0 Å². The van der Waals surface area contributed by atoms with Crippen LogP contribution < -0.4 is 5.73 Å². The molecule has 0 unspecified atom stereocenters. The number of nitrogens with two attached hydrogens (primary N) is 1. The molecule has 0 aromatic carbocycles. The molecule has 3 rings (SSSR count). The van der Waals surface area contributed by atoms with Gasteiger partial charge in [0.15, 0.2) is 0 Å². The first kappa shape index (κ1) is 12.2. The normalized spacial score (nSPS) is 24.3. The Bertz CT molecular complexity index is 467. The third kappa shape index (κ3) is 2.34. The van der Waals surface area contributed by atoms with Gasteiger partial charge in [0.25, 0.3) is 5.91 Å². The number of amides is 1. The number of hydrogen-bond donors (Lipinski definition) is 1. The minimum atomic E-state index is 0.128. The van der Waals surface area contributed by atoms with Crippen LogP contribution in [0.5, 0.6) is 0 Å². The van der Waals surface area contributed by atoms with E-state index in [1.807, 2.05) is 17.2 Å². The lowest BCUT2D eigenvalue weighted by molar-refractivity contribution is 0.0697. The Labute approximate surface area is 115 Å². The van der Waals surface area contributed by atoms with Crippen molar-refractivity contribution in [2.24, 2.45) is 5.73 Å². The third-order valence-corrected chi connectivity index (χ3v) is 4.15. The molecule has 1 atom stereocenters. The molecule has 2 fully saturated rings. The number of halogens is 1. The second-order valence-electron chi connectivity index (χ2n) is 5.34. The summed E-state index contributed by atoms with van der Waals surface area (Å²) in [6, 6.07) is 2.59. The van der Waals surface area contributed by atoms with Crippen molar-refractivity contribution in [3.05, 3.63) is 22.4 Å². The van der Waals surface area contributed by atoms with Gasteiger partial charge in [-0.25, -0.2) is 0 Å². The van der Waals surface area contributed by atoms with Gasteiger partial charge in [-0.3, -0.25) is 4.79 Å². The summed E-state index contributed by atoms with van der Waals surface area (Å²) >= 11 is 3.47. The molecule has 2 aliphatic rings. The summed E-state index contributed by atoms with van der Waals surface area (Å²) < 4.78 is 3.10. The predicted octanol–water partition coefficient (Wildman–Crippen LogP) is 2.15. The number of carbonyl (C=O) groups is 1. The molecule has 98 valence electrons. The number of rotatable bonds is 2. The number of aromatic nitrogens is 1. The lowest BCUT2D eigenvalue weighted by Gasteiger charge is -2.31. The zero-order chi connectivity index (χ0) is 12.7. The predicted molar refractivity (Wildman–Crippen MR) is 73.5 cm³/mol. The fourth-order valence-electron chi connectivity index (χ4n) is 2.63. The van der Waals surface area contributed by atoms with E-state index in [-0.39, 0.29) is 11.9 Å². The molecule has 2 heterocycles. The summed E-state index contributed by atoms with van der Waals surface area (Å²) in [7, 11) is 0. The highest BCUT2D eigenvalue weighted by atomic mass is 79.9. The smallest absolute Gasteiger partial charge is 0.270 e. The molecule has 1 aromatic heterocycles. The molecule has 1 aliphatic heterocycles. The van der Waals surface area contributed by atoms with E-state index in [1.165, 1.54) is 12.8 Å². The van der Waals surface area contributed by atoms with Crippen molar-refractivity contribution in [1.29, 1.82) is 0 Å². The molecule has 1 saturated carbocycles. The van der Waals surface area contributed by atoms with E-state index in [2.05, 4.69) is 20.5 Å². The number of carbonyl (C=O) groups excluding carboxylic acids is 1. The van der Waals surface area contributed by atoms with Gasteiger partial charge in [-0.1, -0.05) is 0 Å². The van der Waals surface area contributed by atoms with Crippen LogP contribution >= 0.6 is 15.9 Å². The lowest BCUT2D eigenvalue weighted by Crippen LogP contribution is -2.46. The van der Waals surface area contributed by atoms with Gasteiger partial charge in [0, 0.05) is 35.8 Å². The van der Waals surface area contributed by atoms with Crippen LogP contribution in [0.4, 0.5) is 0 Å². The van der Waals surface area contributed by atoms with E-state index in [0.29, 0.717) is 12.6 Å². The summed E-state index contributed by atoms with van der Waals surface area (Å²) in [6.07, 6.45) is 6.42. The highest BCUT2D eigenvalue weighted by molar-refractivity contribution is 9.10. The van der Waals surface area contributed by atoms with Crippen molar-refractivity contribution in [2.75, 3.05) is 13.1 Å². The second kappa shape index (κ2) is 4.70. The van der Waals surface area contributed by atoms with Crippen LogP contribution in [0.25, 0.3) is 0 Å². The van der Waals surface area contributed by atoms with E-state index < -0.39 is 0 Å². The zero-order valence-electron chi connectivity index (χ0n) is 10.3. The number of nitrogens with zero attached hydrogens (tertiary/aromatic N) is 2. The molecule has 5 heteroatoms. The molecule has 4 nitrogen and oxygen atoms in total. The molecule has 2 N–H and O–H groups in total. The first-order chi connectivity index (χ1) is 8.65. The van der Waals surface area contributed by atoms with Gasteiger partial charge in [-0.05, 0) is 47.7 Å². The maximum absolute atomic E-state index is 12.5. The molecule has 0 bridgehead atoms. The standard InChI is InChI=1S/C13H18BrN3O/c14-9-6-12(17(7-9)11-3-4-11)13(18)16-5-1-2-10(15)8-16/h6-7,10-11H,1-5,8,15H2/t10-/m1/s1. The monoisotopic (exact) mass is 311 g/mol. The molecular formula is C13H18BrN3O. The first-order valence-electron chi connectivity index (χ1n) is 6.57. The van der Waals surface area contributed by atoms with Crippen molar-refractivity contribution in [2.45, 2.75) is 37.8 Å². The third-order valence-electron chi connectivity index (χ3n) is 3.72. The Morgan fingerprint density at radius 2 is 2.17 bits per heavy atom. The van der Waals surface area contributed by atoms with Gasteiger partial charge in [-0.15, -0.1) is 0 Å². The highest BCUT2D eigenvalue weighted by Gasteiger charge is 2.30. The summed E-state index contributed by atoms with van der Waals surface area (Å²) in [4.78, 5) is 14.4. The fraction of sp³-hybridized carbons (Fsp3) is 0.615. The molecule has 0 radical (unpaired) electrons. The summed E-state index contributed by atoms with van der Waals surface area (Å²) in [5.74, 6) is 0.128. The lowest BCUT2D eigenvalue weighted by atomic mass is 10.1. The molecule has 1 amide bonds. The van der Waals surface area contributed by atoms with Crippen molar-refractivity contribution in [3.8, 4) is 0 Å². The van der Waals surface area contributed by atoms with Crippen LogP contribution in [0.3, 0.4) is 0 Å². The molecule has 0 spiro atoms. The van der Waals surface area contributed by atoms with Crippen LogP contribution in [0, 0.1) is 0 Å². The average molecular weight is 312 g/mol. The van der Waals surface area contributed by atoms with E-state index in [4.69, 9.17) is 5.73 Å². The number of hydrogen-bond acceptors (Lipinski definition) is 2. The first-order valence-corrected chi connectivity index (χ1v) is 7.36. The quantitative estimate of drug-likeness (QED) is 0.910. The Morgan fingerprint density at radius 3 is 2.83 bits per heavy atom. The van der Waals surface area contributed by atoms with Crippen LogP contribution in [0.15, 0.2) is 16.7 Å². The van der Waals surface area contributed by atoms with E-state index in [0.717, 1.165) is 29.6 Å². The van der Waals surface area contributed by atoms with Crippen LogP contribution in [0.1, 0.15) is 42.2 Å². The summed E-state index contributed by atoms with van der Waals surface area (Å²) in [5, 5.41) is 0. The minimum absolute atomic E-state index is 0.128. The second-order valence-corrected chi connectivity index (χ2v) is 6.25. The molecule has 1 aromatic rings.